The number of ether oxygens (including phenoxy) is 1. The zero-order chi connectivity index (χ0) is 20.1. The van der Waals surface area contributed by atoms with Crippen molar-refractivity contribution < 1.29 is 9.53 Å². The topological polar surface area (TPSA) is 84.2 Å². The van der Waals surface area contributed by atoms with E-state index in [2.05, 4.69) is 45.0 Å². The van der Waals surface area contributed by atoms with Gasteiger partial charge in [0.2, 0.25) is 6.41 Å². The third-order valence-corrected chi connectivity index (χ3v) is 5.98. The Labute approximate surface area is 173 Å². The molecular formula is C22H24N4O2S. The molecule has 4 aromatic rings. The minimum Gasteiger partial charge on any atom is -0.431 e. The number of likely N-dealkylation sites (tertiary alicyclic amines) is 1. The smallest absolute Gasteiger partial charge is 0.279 e. The van der Waals surface area contributed by atoms with Crippen molar-refractivity contribution in [3.8, 4) is 10.9 Å². The second kappa shape index (κ2) is 9.07. The van der Waals surface area contributed by atoms with Crippen LogP contribution in [0.5, 0.6) is 10.9 Å². The lowest BCUT2D eigenvalue weighted by Gasteiger charge is -2.26. The molecule has 1 saturated heterocycles. The number of rotatable bonds is 4. The minimum absolute atomic E-state index is 0.250. The number of piperidine rings is 1. The molecule has 3 N–H and O–H groups in total. The fourth-order valence-corrected chi connectivity index (χ4v) is 4.55. The van der Waals surface area contributed by atoms with Crippen LogP contribution in [0.1, 0.15) is 24.8 Å². The number of nitrogens with one attached hydrogen (secondary N) is 1. The second-order valence-electron chi connectivity index (χ2n) is 7.04. The molecule has 0 bridgehead atoms. The van der Waals surface area contributed by atoms with Crippen molar-refractivity contribution in [3.05, 3.63) is 54.2 Å². The monoisotopic (exact) mass is 408 g/mol. The first-order chi connectivity index (χ1) is 14.3. The van der Waals surface area contributed by atoms with E-state index in [1.165, 1.54) is 43.3 Å². The quantitative estimate of drug-likeness (QED) is 0.481. The number of amides is 1. The summed E-state index contributed by atoms with van der Waals surface area (Å²) in [7, 11) is 0. The first kappa shape index (κ1) is 19.4. The van der Waals surface area contributed by atoms with Crippen LogP contribution in [0.2, 0.25) is 0 Å². The maximum absolute atomic E-state index is 8.58. The van der Waals surface area contributed by atoms with Gasteiger partial charge in [-0.3, -0.25) is 9.69 Å². The Morgan fingerprint density at radius 2 is 1.97 bits per heavy atom. The number of fused-ring (bicyclic) bond motifs is 2. The van der Waals surface area contributed by atoms with Crippen LogP contribution >= 0.6 is 11.3 Å². The number of hydrogen-bond acceptors (Lipinski definition) is 5. The van der Waals surface area contributed by atoms with E-state index in [1.807, 2.05) is 24.3 Å². The summed E-state index contributed by atoms with van der Waals surface area (Å²) in [6.45, 7) is 3.45. The number of carbonyl (C=O) groups excluding carboxylic acids is 1. The fraction of sp³-hybridized carbons (Fsp3) is 0.273. The molecule has 0 unspecified atom stereocenters. The molecule has 0 saturated carbocycles. The normalized spacial score (nSPS) is 14.5. The molecule has 1 aliphatic heterocycles. The van der Waals surface area contributed by atoms with Gasteiger partial charge in [-0.1, -0.05) is 29.9 Å². The summed E-state index contributed by atoms with van der Waals surface area (Å²) in [4.78, 5) is 19.1. The Morgan fingerprint density at radius 1 is 1.17 bits per heavy atom. The van der Waals surface area contributed by atoms with Gasteiger partial charge in [-0.2, -0.15) is 0 Å². The molecule has 3 heterocycles. The Morgan fingerprint density at radius 3 is 2.76 bits per heavy atom. The van der Waals surface area contributed by atoms with E-state index >= 15 is 0 Å². The van der Waals surface area contributed by atoms with E-state index in [0.717, 1.165) is 28.0 Å². The molecule has 5 rings (SSSR count). The van der Waals surface area contributed by atoms with Crippen molar-refractivity contribution in [2.75, 3.05) is 13.1 Å². The van der Waals surface area contributed by atoms with Gasteiger partial charge in [0.15, 0.2) is 0 Å². The summed E-state index contributed by atoms with van der Waals surface area (Å²) in [6, 6.07) is 14.4. The van der Waals surface area contributed by atoms with E-state index in [4.69, 9.17) is 9.53 Å². The number of nitrogens with two attached hydrogens (primary N) is 1. The second-order valence-corrected chi connectivity index (χ2v) is 8.04. The minimum atomic E-state index is 0.250. The van der Waals surface area contributed by atoms with Gasteiger partial charge in [0, 0.05) is 29.7 Å². The van der Waals surface area contributed by atoms with Crippen LogP contribution in [-0.4, -0.2) is 34.4 Å². The predicted molar refractivity (Wildman–Crippen MR) is 117 cm³/mol. The van der Waals surface area contributed by atoms with Crippen molar-refractivity contribution in [1.82, 2.24) is 14.9 Å². The zero-order valence-electron chi connectivity index (χ0n) is 16.1. The highest BCUT2D eigenvalue weighted by Crippen LogP contribution is 2.33. The largest absolute Gasteiger partial charge is 0.431 e. The number of thiazole rings is 1. The van der Waals surface area contributed by atoms with E-state index in [-0.39, 0.29) is 6.41 Å². The number of nitrogens with zero attached hydrogens (tertiary/aromatic N) is 2. The lowest BCUT2D eigenvalue weighted by molar-refractivity contribution is -0.106. The molecule has 1 aliphatic rings. The lowest BCUT2D eigenvalue weighted by Crippen LogP contribution is -2.28. The fourth-order valence-electron chi connectivity index (χ4n) is 3.71. The number of H-pyrrole nitrogens is 1. The molecule has 2 aromatic heterocycles. The van der Waals surface area contributed by atoms with Crippen molar-refractivity contribution in [2.45, 2.75) is 25.8 Å². The van der Waals surface area contributed by atoms with Gasteiger partial charge >= 0.3 is 0 Å². The molecule has 7 heteroatoms. The van der Waals surface area contributed by atoms with Gasteiger partial charge < -0.3 is 15.5 Å². The van der Waals surface area contributed by atoms with Gasteiger partial charge in [0.25, 0.3) is 5.19 Å². The zero-order valence-corrected chi connectivity index (χ0v) is 17.0. The van der Waals surface area contributed by atoms with E-state index in [0.29, 0.717) is 5.19 Å². The van der Waals surface area contributed by atoms with Crippen LogP contribution in [0, 0.1) is 0 Å². The molecular weight excluding hydrogens is 384 g/mol. The van der Waals surface area contributed by atoms with Gasteiger partial charge in [-0.05, 0) is 55.8 Å². The Kier molecular flexibility index (Phi) is 6.07. The third kappa shape index (κ3) is 4.58. The van der Waals surface area contributed by atoms with Crippen LogP contribution in [0.15, 0.2) is 48.7 Å². The Bertz CT molecular complexity index is 1070. The molecule has 2 aromatic carbocycles. The molecule has 1 amide bonds. The molecule has 0 radical (unpaired) electrons. The van der Waals surface area contributed by atoms with Crippen LogP contribution in [0.25, 0.3) is 21.1 Å². The van der Waals surface area contributed by atoms with Crippen LogP contribution in [0.4, 0.5) is 0 Å². The molecule has 6 nitrogen and oxygen atoms in total. The van der Waals surface area contributed by atoms with Crippen LogP contribution in [0.3, 0.4) is 0 Å². The van der Waals surface area contributed by atoms with E-state index in [1.54, 1.807) is 11.3 Å². The summed E-state index contributed by atoms with van der Waals surface area (Å²) in [5.74, 6) is 0.822. The van der Waals surface area contributed by atoms with Gasteiger partial charge in [0.05, 0.1) is 10.2 Å². The number of benzene rings is 2. The van der Waals surface area contributed by atoms with Crippen LogP contribution in [-0.2, 0) is 11.3 Å². The van der Waals surface area contributed by atoms with Gasteiger partial charge in [-0.25, -0.2) is 4.98 Å². The summed E-state index contributed by atoms with van der Waals surface area (Å²) < 4.78 is 7.15. The number of primary amides is 1. The highest BCUT2D eigenvalue weighted by Gasteiger charge is 2.13. The number of carbonyl (C=O) groups is 1. The number of aromatic amines is 1. The highest BCUT2D eigenvalue weighted by atomic mass is 32.1. The Balaban J connectivity index is 0.000000645. The SMILES string of the molecule is NC=O.c1ccc2sc(Oc3ccc4c(CN5CCCCC5)c[nH]c4c3)nc2c1. The van der Waals surface area contributed by atoms with Crippen molar-refractivity contribution >= 4 is 38.9 Å². The Hall–Kier alpha value is -2.90. The molecule has 150 valence electrons. The summed E-state index contributed by atoms with van der Waals surface area (Å²) in [6.07, 6.45) is 6.41. The van der Waals surface area contributed by atoms with E-state index < -0.39 is 0 Å². The maximum atomic E-state index is 8.58. The van der Waals surface area contributed by atoms with Crippen LogP contribution < -0.4 is 10.5 Å². The molecule has 0 atom stereocenters. The standard InChI is InChI=1S/C21H21N3OS.CH3NO/c1-4-10-24(11-5-1)14-15-13-22-19-12-16(8-9-17(15)19)25-21-23-18-6-2-3-7-20(18)26-21;2-1-3/h2-3,6-9,12-13,22H,1,4-5,10-11,14H2;1H,(H2,2,3). The van der Waals surface area contributed by atoms with E-state index in [9.17, 15) is 0 Å². The summed E-state index contributed by atoms with van der Waals surface area (Å²) in [5, 5.41) is 1.97. The van der Waals surface area contributed by atoms with Crippen molar-refractivity contribution in [3.63, 3.8) is 0 Å². The van der Waals surface area contributed by atoms with Crippen molar-refractivity contribution in [1.29, 1.82) is 0 Å². The number of hydrogen-bond donors (Lipinski definition) is 2. The lowest BCUT2D eigenvalue weighted by atomic mass is 10.1. The first-order valence-corrected chi connectivity index (χ1v) is 10.6. The molecule has 29 heavy (non-hydrogen) atoms. The van der Waals surface area contributed by atoms with Gasteiger partial charge in [0.1, 0.15) is 5.75 Å². The number of para-hydroxylation sites is 1. The average molecular weight is 409 g/mol. The summed E-state index contributed by atoms with van der Waals surface area (Å²) >= 11 is 1.58. The molecule has 0 spiro atoms. The first-order valence-electron chi connectivity index (χ1n) is 9.78. The average Bonchev–Trinajstić information content (AvgIpc) is 3.32. The predicted octanol–water partition coefficient (Wildman–Crippen LogP) is 4.66. The summed E-state index contributed by atoms with van der Waals surface area (Å²) in [5.41, 5.74) is 7.64. The highest BCUT2D eigenvalue weighted by molar-refractivity contribution is 7.20. The number of aromatic nitrogens is 2. The van der Waals surface area contributed by atoms with Gasteiger partial charge in [-0.15, -0.1) is 0 Å². The third-order valence-electron chi connectivity index (χ3n) is 5.06. The molecule has 0 aliphatic carbocycles. The molecule has 1 fully saturated rings. The maximum Gasteiger partial charge on any atom is 0.279 e. The van der Waals surface area contributed by atoms with Crippen molar-refractivity contribution in [2.24, 2.45) is 5.73 Å².